The number of likely N-dealkylation sites (N-methyl/N-ethyl adjacent to an activating group) is 1. The molecule has 0 aromatic carbocycles. The molecule has 4 nitrogen and oxygen atoms in total. The summed E-state index contributed by atoms with van der Waals surface area (Å²) in [6.07, 6.45) is 0.00694. The fraction of sp³-hybridized carbons (Fsp3) is 1.00. The zero-order chi connectivity index (χ0) is 5.98. The van der Waals surface area contributed by atoms with Crippen LogP contribution in [0.1, 0.15) is 0 Å². The van der Waals surface area contributed by atoms with Gasteiger partial charge in [0.15, 0.2) is 6.23 Å². The highest BCUT2D eigenvalue weighted by atomic mass is 16.6. The Balaban J connectivity index is 2.01. The molecule has 0 bridgehead atoms. The molecule has 2 unspecified atom stereocenters. The van der Waals surface area contributed by atoms with Crippen molar-refractivity contribution in [3.63, 3.8) is 0 Å². The molecule has 0 aromatic rings. The maximum Gasteiger partial charge on any atom is 0.161 e. The molecule has 0 spiro atoms. The molecular weight excluding hydrogens is 108 g/mol. The predicted octanol–water partition coefficient (Wildman–Crippen LogP) is -2.10. The first kappa shape index (κ1) is 5.97. The molecule has 0 aromatic heterocycles. The fourth-order valence-corrected chi connectivity index (χ4v) is 0.593. The quantitative estimate of drug-likeness (QED) is 0.408. The highest BCUT2D eigenvalue weighted by Crippen LogP contribution is 1.91. The van der Waals surface area contributed by atoms with Crippen LogP contribution in [0.25, 0.3) is 0 Å². The van der Waals surface area contributed by atoms with Gasteiger partial charge in [0.1, 0.15) is 13.3 Å². The second-order valence-corrected chi connectivity index (χ2v) is 1.91. The van der Waals surface area contributed by atoms with Crippen molar-refractivity contribution in [3.05, 3.63) is 5.21 Å². The average molecular weight is 118 g/mol. The topological polar surface area (TPSA) is 48.8 Å². The van der Waals surface area contributed by atoms with Crippen molar-refractivity contribution < 1.29 is 9.80 Å². The molecule has 4 heteroatoms. The number of quaternary nitrogens is 1. The third-order valence-corrected chi connectivity index (χ3v) is 1.07. The van der Waals surface area contributed by atoms with Crippen LogP contribution in [0.4, 0.5) is 0 Å². The number of nitrogens with one attached hydrogen (secondary N) is 2. The van der Waals surface area contributed by atoms with Crippen molar-refractivity contribution in [2.45, 2.75) is 6.23 Å². The van der Waals surface area contributed by atoms with E-state index in [0.29, 0.717) is 13.3 Å². The van der Waals surface area contributed by atoms with Gasteiger partial charge >= 0.3 is 0 Å². The summed E-state index contributed by atoms with van der Waals surface area (Å²) in [4.78, 5) is 0. The molecule has 0 saturated carbocycles. The number of hydrogen-bond acceptors (Lipinski definition) is 3. The van der Waals surface area contributed by atoms with Gasteiger partial charge < -0.3 is 15.0 Å². The lowest BCUT2D eigenvalue weighted by atomic mass is 10.5. The van der Waals surface area contributed by atoms with Gasteiger partial charge in [-0.25, -0.2) is 0 Å². The van der Waals surface area contributed by atoms with Gasteiger partial charge in [-0.15, -0.1) is 0 Å². The summed E-state index contributed by atoms with van der Waals surface area (Å²) in [5.74, 6) is 0. The van der Waals surface area contributed by atoms with Crippen LogP contribution in [0.15, 0.2) is 0 Å². The SMILES string of the molecule is C[NH+]([O-])CC1NCO1. The summed E-state index contributed by atoms with van der Waals surface area (Å²) in [6.45, 7) is 1.10. The van der Waals surface area contributed by atoms with E-state index in [1.807, 2.05) is 0 Å². The van der Waals surface area contributed by atoms with Gasteiger partial charge in [0.05, 0.1) is 7.05 Å². The Bertz CT molecular complexity index is 72.4. The van der Waals surface area contributed by atoms with Crippen LogP contribution in [0.5, 0.6) is 0 Å². The summed E-state index contributed by atoms with van der Waals surface area (Å²) >= 11 is 0. The van der Waals surface area contributed by atoms with Crippen LogP contribution in [0.2, 0.25) is 0 Å². The smallest absolute Gasteiger partial charge is 0.161 e. The Morgan fingerprint density at radius 3 is 2.75 bits per heavy atom. The number of hydrogen-bond donors (Lipinski definition) is 2. The first-order valence-corrected chi connectivity index (χ1v) is 2.63. The molecule has 0 radical (unpaired) electrons. The summed E-state index contributed by atoms with van der Waals surface area (Å²) in [5, 5.41) is 13.4. The molecule has 1 aliphatic heterocycles. The van der Waals surface area contributed by atoms with Crippen LogP contribution in [0.3, 0.4) is 0 Å². The van der Waals surface area contributed by atoms with Gasteiger partial charge in [0.25, 0.3) is 0 Å². The molecule has 1 fully saturated rings. The van der Waals surface area contributed by atoms with Crippen LogP contribution >= 0.6 is 0 Å². The largest absolute Gasteiger partial charge is 0.634 e. The van der Waals surface area contributed by atoms with E-state index in [0.717, 1.165) is 0 Å². The lowest BCUT2D eigenvalue weighted by molar-refractivity contribution is -0.832. The first-order chi connectivity index (χ1) is 3.79. The fourth-order valence-electron chi connectivity index (χ4n) is 0.593. The molecule has 8 heavy (non-hydrogen) atoms. The lowest BCUT2D eigenvalue weighted by Gasteiger charge is -2.30. The minimum Gasteiger partial charge on any atom is -0.634 e. The van der Waals surface area contributed by atoms with Gasteiger partial charge in [-0.2, -0.15) is 0 Å². The number of hydroxylamine groups is 2. The van der Waals surface area contributed by atoms with Gasteiger partial charge in [-0.05, 0) is 0 Å². The predicted molar refractivity (Wildman–Crippen MR) is 28.0 cm³/mol. The molecule has 48 valence electrons. The molecule has 1 heterocycles. The molecule has 0 amide bonds. The van der Waals surface area contributed by atoms with Crippen molar-refractivity contribution in [2.75, 3.05) is 20.3 Å². The first-order valence-electron chi connectivity index (χ1n) is 2.63. The van der Waals surface area contributed by atoms with E-state index in [2.05, 4.69) is 5.32 Å². The number of rotatable bonds is 2. The highest BCUT2D eigenvalue weighted by Gasteiger charge is 2.17. The van der Waals surface area contributed by atoms with E-state index >= 15 is 0 Å². The molecule has 1 rings (SSSR count). The summed E-state index contributed by atoms with van der Waals surface area (Å²) in [6, 6.07) is 0. The lowest BCUT2D eigenvalue weighted by Crippen LogP contribution is -3.06. The number of ether oxygens (including phenoxy) is 1. The molecular formula is C4H10N2O2. The van der Waals surface area contributed by atoms with E-state index in [1.165, 1.54) is 0 Å². The van der Waals surface area contributed by atoms with Crippen molar-refractivity contribution in [3.8, 4) is 0 Å². The molecule has 2 atom stereocenters. The highest BCUT2D eigenvalue weighted by molar-refractivity contribution is 4.56. The normalized spacial score (nSPS) is 31.5. The second kappa shape index (κ2) is 2.41. The van der Waals surface area contributed by atoms with Crippen LogP contribution in [0, 0.1) is 5.21 Å². The monoisotopic (exact) mass is 118 g/mol. The van der Waals surface area contributed by atoms with E-state index in [1.54, 1.807) is 7.05 Å². The van der Waals surface area contributed by atoms with Crippen LogP contribution in [-0.2, 0) is 4.74 Å². The summed E-state index contributed by atoms with van der Waals surface area (Å²) < 4.78 is 4.91. The van der Waals surface area contributed by atoms with Gasteiger partial charge in [0, 0.05) is 0 Å². The maximum atomic E-state index is 10.3. The van der Waals surface area contributed by atoms with Crippen molar-refractivity contribution >= 4 is 0 Å². The average Bonchev–Trinajstić information content (AvgIpc) is 1.55. The Morgan fingerprint density at radius 2 is 2.62 bits per heavy atom. The Hall–Kier alpha value is -0.160. The van der Waals surface area contributed by atoms with E-state index in [9.17, 15) is 5.21 Å². The third-order valence-electron chi connectivity index (χ3n) is 1.07. The summed E-state index contributed by atoms with van der Waals surface area (Å²) in [7, 11) is 1.56. The molecule has 0 aliphatic carbocycles. The summed E-state index contributed by atoms with van der Waals surface area (Å²) in [5.41, 5.74) is 0. The van der Waals surface area contributed by atoms with Crippen molar-refractivity contribution in [2.24, 2.45) is 0 Å². The Kier molecular flexibility index (Phi) is 1.80. The zero-order valence-electron chi connectivity index (χ0n) is 4.81. The zero-order valence-corrected chi connectivity index (χ0v) is 4.81. The Morgan fingerprint density at radius 1 is 2.00 bits per heavy atom. The molecule has 2 N–H and O–H groups in total. The van der Waals surface area contributed by atoms with Crippen molar-refractivity contribution in [1.82, 2.24) is 5.32 Å². The van der Waals surface area contributed by atoms with Gasteiger partial charge in [0.2, 0.25) is 0 Å². The third kappa shape index (κ3) is 1.41. The Labute approximate surface area is 48.0 Å². The van der Waals surface area contributed by atoms with Crippen LogP contribution in [-0.4, -0.2) is 26.6 Å². The van der Waals surface area contributed by atoms with E-state index < -0.39 is 0 Å². The molecule has 1 aliphatic rings. The standard InChI is InChI=1S/C4H10N2O2/c1-6(7)2-4-5-3-8-4/h4-6H,2-3H2,1H3. The maximum absolute atomic E-state index is 10.3. The van der Waals surface area contributed by atoms with E-state index in [4.69, 9.17) is 4.74 Å². The van der Waals surface area contributed by atoms with Gasteiger partial charge in [-0.3, -0.25) is 5.32 Å². The van der Waals surface area contributed by atoms with Crippen molar-refractivity contribution in [1.29, 1.82) is 0 Å². The van der Waals surface area contributed by atoms with Crippen LogP contribution < -0.4 is 10.4 Å². The minimum absolute atomic E-state index is 0.00694. The van der Waals surface area contributed by atoms with Gasteiger partial charge in [-0.1, -0.05) is 0 Å². The minimum atomic E-state index is 0.00694. The van der Waals surface area contributed by atoms with E-state index in [-0.39, 0.29) is 11.3 Å². The second-order valence-electron chi connectivity index (χ2n) is 1.91. The molecule has 1 saturated heterocycles.